The Morgan fingerprint density at radius 1 is 0.841 bits per heavy atom. The summed E-state index contributed by atoms with van der Waals surface area (Å²) in [6.07, 6.45) is 7.24. The van der Waals surface area contributed by atoms with Gasteiger partial charge in [0.05, 0.1) is 18.3 Å². The largest absolute Gasteiger partial charge is 0.383 e. The molecule has 1 aliphatic heterocycles. The van der Waals surface area contributed by atoms with E-state index in [1.165, 1.54) is 74.1 Å². The van der Waals surface area contributed by atoms with E-state index in [0.29, 0.717) is 6.10 Å². The van der Waals surface area contributed by atoms with Crippen LogP contribution in [0.2, 0.25) is 0 Å². The molecule has 230 valence electrons. The van der Waals surface area contributed by atoms with Gasteiger partial charge in [0.25, 0.3) is 5.91 Å². The lowest BCUT2D eigenvalue weighted by Gasteiger charge is -2.32. The van der Waals surface area contributed by atoms with E-state index >= 15 is 0 Å². The molecule has 1 saturated heterocycles. The van der Waals surface area contributed by atoms with Crippen molar-refractivity contribution in [3.8, 4) is 22.3 Å². The number of aromatic nitrogens is 1. The fourth-order valence-electron chi connectivity index (χ4n) is 5.78. The third-order valence-electron chi connectivity index (χ3n) is 8.57. The molecule has 2 heterocycles. The number of piperazine rings is 1. The summed E-state index contributed by atoms with van der Waals surface area (Å²) in [5.41, 5.74) is 19.3. The van der Waals surface area contributed by atoms with Crippen molar-refractivity contribution in [2.24, 2.45) is 5.73 Å². The second-order valence-electron chi connectivity index (χ2n) is 12.1. The molecule has 7 heteroatoms. The Morgan fingerprint density at radius 2 is 1.48 bits per heavy atom. The highest BCUT2D eigenvalue weighted by atomic mass is 16.5. The molecule has 1 amide bonds. The molecule has 4 N–H and O–H groups in total. The molecule has 6 rings (SSSR count). The van der Waals surface area contributed by atoms with Crippen LogP contribution in [0.3, 0.4) is 0 Å². The van der Waals surface area contributed by atoms with Crippen molar-refractivity contribution in [3.05, 3.63) is 107 Å². The molecule has 2 aliphatic rings. The zero-order valence-corrected chi connectivity index (χ0v) is 26.0. The van der Waals surface area contributed by atoms with E-state index in [1.54, 1.807) is 12.3 Å². The van der Waals surface area contributed by atoms with Gasteiger partial charge in [-0.25, -0.2) is 4.98 Å². The molecule has 0 radical (unpaired) electrons. The second kappa shape index (κ2) is 15.1. The van der Waals surface area contributed by atoms with Crippen molar-refractivity contribution >= 4 is 11.7 Å². The number of rotatable bonds is 8. The zero-order valence-electron chi connectivity index (χ0n) is 26.0. The molecule has 44 heavy (non-hydrogen) atoms. The fraction of sp³-hybridized carbons (Fsp3) is 0.351. The Kier molecular flexibility index (Phi) is 10.8. The molecular formula is C37H45N5O2. The maximum absolute atomic E-state index is 11.2. The van der Waals surface area contributed by atoms with Gasteiger partial charge in [0.15, 0.2) is 0 Å². The van der Waals surface area contributed by atoms with Crippen LogP contribution < -0.4 is 11.5 Å². The Bertz CT molecular complexity index is 1510. The van der Waals surface area contributed by atoms with Crippen LogP contribution in [-0.4, -0.2) is 60.0 Å². The smallest absolute Gasteiger partial charge is 0.252 e. The Hall–Kier alpha value is -4.04. The van der Waals surface area contributed by atoms with Crippen molar-refractivity contribution in [2.75, 3.05) is 39.0 Å². The predicted molar refractivity (Wildman–Crippen MR) is 179 cm³/mol. The summed E-state index contributed by atoms with van der Waals surface area (Å²) in [5.74, 6) is -0.404. The minimum Gasteiger partial charge on any atom is -0.383 e. The van der Waals surface area contributed by atoms with Gasteiger partial charge in [-0.2, -0.15) is 0 Å². The highest BCUT2D eigenvalue weighted by Crippen LogP contribution is 2.25. The molecule has 0 atom stereocenters. The summed E-state index contributed by atoms with van der Waals surface area (Å²) in [6, 6.07) is 27.5. The lowest BCUT2D eigenvalue weighted by Crippen LogP contribution is -2.43. The molecule has 4 aromatic rings. The van der Waals surface area contributed by atoms with E-state index in [2.05, 4.69) is 70.4 Å². The number of nitrogens with zero attached hydrogens (tertiary/aromatic N) is 3. The Balaban J connectivity index is 0.000000195. The van der Waals surface area contributed by atoms with Crippen LogP contribution in [0.25, 0.3) is 22.3 Å². The minimum absolute atomic E-state index is 0.161. The molecule has 7 nitrogen and oxygen atoms in total. The number of nitrogens with two attached hydrogens (primary N) is 2. The number of benzene rings is 3. The number of carbonyl (C=O) groups excluding carboxylic acids is 1. The van der Waals surface area contributed by atoms with E-state index in [4.69, 9.17) is 16.2 Å². The highest BCUT2D eigenvalue weighted by molar-refractivity contribution is 5.98. The minimum atomic E-state index is -0.565. The summed E-state index contributed by atoms with van der Waals surface area (Å²) in [7, 11) is 2.21. The van der Waals surface area contributed by atoms with Gasteiger partial charge < -0.3 is 21.1 Å². The van der Waals surface area contributed by atoms with Crippen molar-refractivity contribution in [2.45, 2.75) is 51.9 Å². The molecular weight excluding hydrogens is 546 g/mol. The topological polar surface area (TPSA) is 97.7 Å². The number of aryl methyl sites for hydroxylation is 1. The number of likely N-dealkylation sites (N-methyl/N-ethyl adjacent to an activating group) is 1. The van der Waals surface area contributed by atoms with Crippen LogP contribution in [0.15, 0.2) is 85.1 Å². The molecule has 0 spiro atoms. The molecule has 3 aromatic carbocycles. The summed E-state index contributed by atoms with van der Waals surface area (Å²) in [6.45, 7) is 8.50. The summed E-state index contributed by atoms with van der Waals surface area (Å²) < 4.78 is 6.02. The number of primary amides is 1. The summed E-state index contributed by atoms with van der Waals surface area (Å²) >= 11 is 0. The Morgan fingerprint density at radius 3 is 2.09 bits per heavy atom. The zero-order chi connectivity index (χ0) is 30.9. The number of hydrogen-bond acceptors (Lipinski definition) is 6. The van der Waals surface area contributed by atoms with Crippen molar-refractivity contribution in [3.63, 3.8) is 0 Å². The lowest BCUT2D eigenvalue weighted by atomic mass is 10.0. The summed E-state index contributed by atoms with van der Waals surface area (Å²) in [5, 5.41) is 0. The van der Waals surface area contributed by atoms with Crippen LogP contribution in [0.1, 0.15) is 52.7 Å². The summed E-state index contributed by atoms with van der Waals surface area (Å²) in [4.78, 5) is 20.1. The predicted octanol–water partition coefficient (Wildman–Crippen LogP) is 6.30. The van der Waals surface area contributed by atoms with Gasteiger partial charge in [-0.15, -0.1) is 0 Å². The number of nitrogen functional groups attached to an aromatic ring is 1. The van der Waals surface area contributed by atoms with Crippen LogP contribution in [-0.2, 0) is 17.9 Å². The number of carbonyl (C=O) groups is 1. The molecule has 0 bridgehead atoms. The van der Waals surface area contributed by atoms with Gasteiger partial charge in [0.2, 0.25) is 0 Å². The fourth-order valence-corrected chi connectivity index (χ4v) is 5.78. The van der Waals surface area contributed by atoms with Crippen LogP contribution in [0.4, 0.5) is 5.82 Å². The van der Waals surface area contributed by atoms with Crippen molar-refractivity contribution < 1.29 is 9.53 Å². The number of anilines is 1. The van der Waals surface area contributed by atoms with Gasteiger partial charge in [0.1, 0.15) is 5.82 Å². The maximum Gasteiger partial charge on any atom is 0.252 e. The van der Waals surface area contributed by atoms with Crippen LogP contribution in [0.5, 0.6) is 0 Å². The number of hydrogen-bond donors (Lipinski definition) is 2. The first kappa shape index (κ1) is 31.4. The second-order valence-corrected chi connectivity index (χ2v) is 12.1. The first-order valence-corrected chi connectivity index (χ1v) is 15.7. The maximum atomic E-state index is 11.2. The van der Waals surface area contributed by atoms with Gasteiger partial charge in [-0.05, 0) is 60.7 Å². The van der Waals surface area contributed by atoms with Crippen LogP contribution in [0, 0.1) is 6.92 Å². The van der Waals surface area contributed by atoms with Gasteiger partial charge in [-0.1, -0.05) is 91.2 Å². The van der Waals surface area contributed by atoms with E-state index in [1.807, 2.05) is 31.2 Å². The standard InChI is InChI=1S/C24H32N2O.C13H13N3O/c1-25-14-16-26(17-15-25)18-20-6-10-22(11-7-20)23-12-8-21(9-13-23)19-27-24-4-2-3-5-24;1-8-3-2-4-9(5-8)10-6-11(13(15)17)12(14)16-7-10/h6-13,24H,2-5,14-19H2,1H3;2-7H,1H3,(H2,14,16)(H2,15,17). The molecule has 1 aromatic heterocycles. The Labute approximate surface area is 261 Å². The van der Waals surface area contributed by atoms with Crippen molar-refractivity contribution in [1.29, 1.82) is 0 Å². The van der Waals surface area contributed by atoms with Gasteiger partial charge >= 0.3 is 0 Å². The normalized spacial score (nSPS) is 16.0. The van der Waals surface area contributed by atoms with Crippen molar-refractivity contribution in [1.82, 2.24) is 14.8 Å². The SMILES string of the molecule is CN1CCN(Cc2ccc(-c3ccc(COC4CCCC4)cc3)cc2)CC1.Cc1cccc(-c2cnc(N)c(C(N)=O)c2)c1. The third-order valence-corrected chi connectivity index (χ3v) is 8.57. The highest BCUT2D eigenvalue weighted by Gasteiger charge is 2.16. The monoisotopic (exact) mass is 591 g/mol. The van der Waals surface area contributed by atoms with Gasteiger partial charge in [-0.3, -0.25) is 9.69 Å². The van der Waals surface area contributed by atoms with E-state index < -0.39 is 5.91 Å². The average molecular weight is 592 g/mol. The quantitative estimate of drug-likeness (QED) is 0.250. The number of pyridine rings is 1. The number of ether oxygens (including phenoxy) is 1. The van der Waals surface area contributed by atoms with E-state index in [-0.39, 0.29) is 11.4 Å². The average Bonchev–Trinajstić information content (AvgIpc) is 3.56. The first-order chi connectivity index (χ1) is 21.3. The van der Waals surface area contributed by atoms with Crippen LogP contribution >= 0.6 is 0 Å². The molecule has 2 fully saturated rings. The third kappa shape index (κ3) is 8.76. The van der Waals surface area contributed by atoms with E-state index in [0.717, 1.165) is 29.8 Å². The lowest BCUT2D eigenvalue weighted by molar-refractivity contribution is 0.0457. The number of amides is 1. The molecule has 1 saturated carbocycles. The van der Waals surface area contributed by atoms with Gasteiger partial charge in [0, 0.05) is 44.5 Å². The van der Waals surface area contributed by atoms with E-state index in [9.17, 15) is 4.79 Å². The first-order valence-electron chi connectivity index (χ1n) is 15.7. The molecule has 1 aliphatic carbocycles. The molecule has 0 unspecified atom stereocenters.